The van der Waals surface area contributed by atoms with E-state index in [-0.39, 0.29) is 5.56 Å². The van der Waals surface area contributed by atoms with Crippen LogP contribution in [-0.4, -0.2) is 31.1 Å². The van der Waals surface area contributed by atoms with Gasteiger partial charge in [-0.15, -0.1) is 0 Å². The number of amides is 3. The second-order valence-electron chi connectivity index (χ2n) is 5.60. The van der Waals surface area contributed by atoms with Crippen molar-refractivity contribution >= 4 is 17.9 Å². The molecular weight excluding hydrogens is 377 g/mol. The van der Waals surface area contributed by atoms with Crippen molar-refractivity contribution in [3.05, 3.63) is 59.7 Å². The van der Waals surface area contributed by atoms with Crippen molar-refractivity contribution in [1.29, 1.82) is 0 Å². The molecule has 0 unspecified atom stereocenters. The van der Waals surface area contributed by atoms with E-state index in [1.54, 1.807) is 25.1 Å². The fraction of sp³-hybridized carbons (Fsp3) is 0.211. The standard InChI is InChI=1S/C19H17F3N2O4/c1-2-23-18(27)24-16(25)11-28-17(26)15-6-4-3-5-14(15)12-7-9-13(10-8-12)19(20,21)22/h3-10H,2,11H2,1H3,(H2,23,24,25,27). The lowest BCUT2D eigenvalue weighted by atomic mass is 9.98. The number of halogens is 3. The first-order valence-electron chi connectivity index (χ1n) is 8.24. The Morgan fingerprint density at radius 3 is 2.25 bits per heavy atom. The van der Waals surface area contributed by atoms with Crippen molar-refractivity contribution in [2.45, 2.75) is 13.1 Å². The summed E-state index contributed by atoms with van der Waals surface area (Å²) in [6, 6.07) is 9.76. The van der Waals surface area contributed by atoms with Crippen LogP contribution in [-0.2, 0) is 15.7 Å². The van der Waals surface area contributed by atoms with Gasteiger partial charge in [-0.1, -0.05) is 30.3 Å². The molecule has 2 N–H and O–H groups in total. The third kappa shape index (κ3) is 5.57. The zero-order valence-corrected chi connectivity index (χ0v) is 14.8. The molecule has 3 amide bonds. The highest BCUT2D eigenvalue weighted by atomic mass is 19.4. The minimum absolute atomic E-state index is 0.0769. The van der Waals surface area contributed by atoms with Crippen LogP contribution in [0.2, 0.25) is 0 Å². The van der Waals surface area contributed by atoms with E-state index in [4.69, 9.17) is 4.74 Å². The van der Waals surface area contributed by atoms with Gasteiger partial charge in [0.2, 0.25) is 0 Å². The lowest BCUT2D eigenvalue weighted by molar-refractivity contribution is -0.137. The van der Waals surface area contributed by atoms with E-state index in [1.807, 2.05) is 5.32 Å². The molecule has 0 saturated carbocycles. The van der Waals surface area contributed by atoms with Gasteiger partial charge in [-0.3, -0.25) is 10.1 Å². The molecule has 0 fully saturated rings. The van der Waals surface area contributed by atoms with Gasteiger partial charge >= 0.3 is 18.2 Å². The number of alkyl halides is 3. The average Bonchev–Trinajstić information content (AvgIpc) is 2.65. The lowest BCUT2D eigenvalue weighted by Gasteiger charge is -2.11. The molecule has 0 radical (unpaired) electrons. The SMILES string of the molecule is CCNC(=O)NC(=O)COC(=O)c1ccccc1-c1ccc(C(F)(F)F)cc1. The first kappa shape index (κ1) is 20.9. The highest BCUT2D eigenvalue weighted by molar-refractivity contribution is 6.00. The Balaban J connectivity index is 2.12. The summed E-state index contributed by atoms with van der Waals surface area (Å²) < 4.78 is 43.0. The van der Waals surface area contributed by atoms with Crippen LogP contribution in [0.5, 0.6) is 0 Å². The van der Waals surface area contributed by atoms with Crippen LogP contribution in [0.1, 0.15) is 22.8 Å². The zero-order chi connectivity index (χ0) is 20.7. The monoisotopic (exact) mass is 394 g/mol. The zero-order valence-electron chi connectivity index (χ0n) is 14.8. The Labute approximate surface area is 158 Å². The number of rotatable bonds is 5. The number of nitrogens with one attached hydrogen (secondary N) is 2. The maximum Gasteiger partial charge on any atom is 0.416 e. The highest BCUT2D eigenvalue weighted by Gasteiger charge is 2.30. The van der Waals surface area contributed by atoms with E-state index in [9.17, 15) is 27.6 Å². The molecule has 0 aliphatic heterocycles. The Bertz CT molecular complexity index is 864. The molecule has 28 heavy (non-hydrogen) atoms. The number of esters is 1. The molecule has 6 nitrogen and oxygen atoms in total. The van der Waals surface area contributed by atoms with Gasteiger partial charge in [-0.2, -0.15) is 13.2 Å². The Morgan fingerprint density at radius 2 is 1.64 bits per heavy atom. The summed E-state index contributed by atoms with van der Waals surface area (Å²) in [5.74, 6) is -1.66. The molecule has 2 aromatic carbocycles. The van der Waals surface area contributed by atoms with E-state index < -0.39 is 36.3 Å². The van der Waals surface area contributed by atoms with E-state index in [0.717, 1.165) is 12.1 Å². The summed E-state index contributed by atoms with van der Waals surface area (Å²) in [6.45, 7) is 1.30. The molecule has 0 heterocycles. The molecule has 2 rings (SSSR count). The van der Waals surface area contributed by atoms with E-state index in [2.05, 4.69) is 5.32 Å². The van der Waals surface area contributed by atoms with Crippen molar-refractivity contribution in [3.8, 4) is 11.1 Å². The minimum Gasteiger partial charge on any atom is -0.452 e. The van der Waals surface area contributed by atoms with E-state index in [0.29, 0.717) is 17.7 Å². The molecule has 0 aliphatic carbocycles. The number of carbonyl (C=O) groups excluding carboxylic acids is 3. The van der Waals surface area contributed by atoms with Crippen LogP contribution in [0.3, 0.4) is 0 Å². The fourth-order valence-electron chi connectivity index (χ4n) is 2.33. The first-order valence-corrected chi connectivity index (χ1v) is 8.24. The molecule has 0 spiro atoms. The number of hydrogen-bond donors (Lipinski definition) is 2. The van der Waals surface area contributed by atoms with E-state index in [1.165, 1.54) is 18.2 Å². The molecule has 0 bridgehead atoms. The van der Waals surface area contributed by atoms with Gasteiger partial charge in [0.05, 0.1) is 11.1 Å². The molecule has 0 atom stereocenters. The molecule has 0 aliphatic rings. The number of benzene rings is 2. The van der Waals surface area contributed by atoms with Gasteiger partial charge in [0.25, 0.3) is 5.91 Å². The molecule has 0 saturated heterocycles. The van der Waals surface area contributed by atoms with Gasteiger partial charge in [0.1, 0.15) is 0 Å². The third-order valence-corrected chi connectivity index (χ3v) is 3.59. The maximum atomic E-state index is 12.7. The van der Waals surface area contributed by atoms with Gasteiger partial charge < -0.3 is 10.1 Å². The van der Waals surface area contributed by atoms with Crippen LogP contribution in [0.25, 0.3) is 11.1 Å². The van der Waals surface area contributed by atoms with Crippen molar-refractivity contribution in [2.24, 2.45) is 0 Å². The molecule has 9 heteroatoms. The second kappa shape index (κ2) is 9.03. The van der Waals surface area contributed by atoms with Crippen LogP contribution in [0.4, 0.5) is 18.0 Å². The number of carbonyl (C=O) groups is 3. The predicted octanol–water partition coefficient (Wildman–Crippen LogP) is 3.37. The van der Waals surface area contributed by atoms with Crippen LogP contribution in [0.15, 0.2) is 48.5 Å². The van der Waals surface area contributed by atoms with Crippen LogP contribution < -0.4 is 10.6 Å². The predicted molar refractivity (Wildman–Crippen MR) is 94.4 cm³/mol. The van der Waals surface area contributed by atoms with Gasteiger partial charge in [0.15, 0.2) is 6.61 Å². The number of ether oxygens (including phenoxy) is 1. The normalized spacial score (nSPS) is 10.9. The van der Waals surface area contributed by atoms with Crippen molar-refractivity contribution in [1.82, 2.24) is 10.6 Å². The lowest BCUT2D eigenvalue weighted by Crippen LogP contribution is -2.41. The maximum absolute atomic E-state index is 12.7. The van der Waals surface area contributed by atoms with Gasteiger partial charge in [-0.25, -0.2) is 9.59 Å². The summed E-state index contributed by atoms with van der Waals surface area (Å²) in [5.41, 5.74) is 0.00378. The molecular formula is C19H17F3N2O4. The Hall–Kier alpha value is -3.36. The summed E-state index contributed by atoms with van der Waals surface area (Å²) in [5, 5.41) is 4.33. The molecule has 148 valence electrons. The summed E-state index contributed by atoms with van der Waals surface area (Å²) in [6.07, 6.45) is -4.46. The third-order valence-electron chi connectivity index (χ3n) is 3.59. The largest absolute Gasteiger partial charge is 0.452 e. The number of hydrogen-bond acceptors (Lipinski definition) is 4. The molecule has 0 aromatic heterocycles. The van der Waals surface area contributed by atoms with E-state index >= 15 is 0 Å². The van der Waals surface area contributed by atoms with Crippen LogP contribution >= 0.6 is 0 Å². The summed E-state index contributed by atoms with van der Waals surface area (Å²) in [7, 11) is 0. The molecule has 2 aromatic rings. The van der Waals surface area contributed by atoms with Crippen molar-refractivity contribution in [2.75, 3.05) is 13.2 Å². The fourth-order valence-corrected chi connectivity index (χ4v) is 2.33. The highest BCUT2D eigenvalue weighted by Crippen LogP contribution is 2.32. The smallest absolute Gasteiger partial charge is 0.416 e. The average molecular weight is 394 g/mol. The van der Waals surface area contributed by atoms with Crippen LogP contribution in [0, 0.1) is 0 Å². The first-order chi connectivity index (χ1) is 13.2. The number of urea groups is 1. The topological polar surface area (TPSA) is 84.5 Å². The minimum atomic E-state index is -4.46. The van der Waals surface area contributed by atoms with Crippen molar-refractivity contribution < 1.29 is 32.3 Å². The second-order valence-corrected chi connectivity index (χ2v) is 5.60. The number of imide groups is 1. The van der Waals surface area contributed by atoms with Gasteiger partial charge in [0, 0.05) is 6.54 Å². The Kier molecular flexibility index (Phi) is 6.75. The summed E-state index contributed by atoms with van der Waals surface area (Å²) in [4.78, 5) is 35.1. The summed E-state index contributed by atoms with van der Waals surface area (Å²) >= 11 is 0. The van der Waals surface area contributed by atoms with Gasteiger partial charge in [-0.05, 0) is 36.2 Å². The Morgan fingerprint density at radius 1 is 1.00 bits per heavy atom. The quantitative estimate of drug-likeness (QED) is 0.762. The van der Waals surface area contributed by atoms with Crippen molar-refractivity contribution in [3.63, 3.8) is 0 Å².